The molecule has 4 nitrogen and oxygen atoms in total. The summed E-state index contributed by atoms with van der Waals surface area (Å²) in [6.45, 7) is 6.90. The van der Waals surface area contributed by atoms with Crippen LogP contribution in [0.15, 0.2) is 0 Å². The molecule has 0 atom stereocenters. The van der Waals surface area contributed by atoms with Crippen LogP contribution in [0.4, 0.5) is 5.13 Å². The van der Waals surface area contributed by atoms with Crippen LogP contribution in [0.1, 0.15) is 38.4 Å². The summed E-state index contributed by atoms with van der Waals surface area (Å²) in [5, 5.41) is 1.05. The first-order chi connectivity index (χ1) is 8.70. The lowest BCUT2D eigenvalue weighted by Crippen LogP contribution is -2.37. The first kappa shape index (κ1) is 14.0. The Kier molecular flexibility index (Phi) is 5.21. The van der Waals surface area contributed by atoms with Gasteiger partial charge in [0.1, 0.15) is 5.82 Å². The van der Waals surface area contributed by atoms with E-state index in [9.17, 15) is 0 Å². The molecule has 0 radical (unpaired) electrons. The molecule has 0 aliphatic carbocycles. The number of halogens is 1. The highest BCUT2D eigenvalue weighted by Crippen LogP contribution is 2.25. The van der Waals surface area contributed by atoms with Gasteiger partial charge in [0.2, 0.25) is 5.13 Å². The second-order valence-corrected chi connectivity index (χ2v) is 5.94. The van der Waals surface area contributed by atoms with Crippen molar-refractivity contribution in [2.45, 2.75) is 38.7 Å². The Morgan fingerprint density at radius 1 is 1.44 bits per heavy atom. The molecule has 1 saturated heterocycles. The predicted molar refractivity (Wildman–Crippen MR) is 75.9 cm³/mol. The summed E-state index contributed by atoms with van der Waals surface area (Å²) in [6.07, 6.45) is 2.46. The summed E-state index contributed by atoms with van der Waals surface area (Å²) in [6, 6.07) is 0. The molecular weight excluding hydrogens is 270 g/mol. The van der Waals surface area contributed by atoms with Gasteiger partial charge in [0.15, 0.2) is 0 Å². The van der Waals surface area contributed by atoms with Gasteiger partial charge in [0.05, 0.1) is 12.7 Å². The molecule has 6 heteroatoms. The Hall–Kier alpha value is -0.390. The number of ether oxygens (including phenoxy) is 1. The predicted octanol–water partition coefficient (Wildman–Crippen LogP) is 2.89. The molecule has 1 aliphatic heterocycles. The average Bonchev–Trinajstić information content (AvgIpc) is 2.87. The zero-order chi connectivity index (χ0) is 13.0. The molecule has 0 aromatic carbocycles. The number of rotatable bonds is 5. The van der Waals surface area contributed by atoms with Gasteiger partial charge in [0, 0.05) is 36.4 Å². The summed E-state index contributed by atoms with van der Waals surface area (Å²) in [4.78, 5) is 6.90. The molecule has 1 aromatic rings. The highest BCUT2D eigenvalue weighted by atomic mass is 35.5. The van der Waals surface area contributed by atoms with E-state index in [1.54, 1.807) is 0 Å². The molecule has 0 unspecified atom stereocenters. The van der Waals surface area contributed by atoms with Crippen LogP contribution < -0.4 is 4.90 Å². The summed E-state index contributed by atoms with van der Waals surface area (Å²) in [5.74, 6) is 1.93. The second kappa shape index (κ2) is 6.68. The largest absolute Gasteiger partial charge is 0.377 e. The van der Waals surface area contributed by atoms with E-state index in [1.807, 2.05) is 0 Å². The molecule has 1 aliphatic rings. The molecule has 18 heavy (non-hydrogen) atoms. The van der Waals surface area contributed by atoms with Crippen molar-refractivity contribution in [3.8, 4) is 0 Å². The van der Waals surface area contributed by atoms with Crippen molar-refractivity contribution in [1.82, 2.24) is 9.36 Å². The molecule has 0 bridgehead atoms. The van der Waals surface area contributed by atoms with E-state index >= 15 is 0 Å². The molecule has 0 amide bonds. The van der Waals surface area contributed by atoms with E-state index in [1.165, 1.54) is 11.5 Å². The quantitative estimate of drug-likeness (QED) is 0.781. The van der Waals surface area contributed by atoms with Gasteiger partial charge in [-0.1, -0.05) is 13.8 Å². The van der Waals surface area contributed by atoms with Crippen LogP contribution in [0.3, 0.4) is 0 Å². The van der Waals surface area contributed by atoms with Gasteiger partial charge >= 0.3 is 0 Å². The van der Waals surface area contributed by atoms with Crippen molar-refractivity contribution in [2.75, 3.05) is 30.5 Å². The minimum absolute atomic E-state index is 0.359. The number of hydrogen-bond acceptors (Lipinski definition) is 5. The Bertz CT molecular complexity index is 364. The maximum Gasteiger partial charge on any atom is 0.205 e. The topological polar surface area (TPSA) is 38.2 Å². The van der Waals surface area contributed by atoms with E-state index in [4.69, 9.17) is 16.3 Å². The second-order valence-electron chi connectivity index (χ2n) is 4.84. The molecule has 0 saturated carbocycles. The lowest BCUT2D eigenvalue weighted by atomic mass is 10.1. The van der Waals surface area contributed by atoms with Crippen LogP contribution in [-0.4, -0.2) is 41.0 Å². The fourth-order valence-corrected chi connectivity index (χ4v) is 2.96. The summed E-state index contributed by atoms with van der Waals surface area (Å²) in [5.41, 5.74) is 0. The molecule has 1 fully saturated rings. The Balaban J connectivity index is 1.85. The van der Waals surface area contributed by atoms with Crippen molar-refractivity contribution in [2.24, 2.45) is 0 Å². The SMILES string of the molecule is CC(C)c1nsc(N2CCC(OCCCl)CC2)n1. The van der Waals surface area contributed by atoms with Crippen molar-refractivity contribution in [3.05, 3.63) is 5.82 Å². The lowest BCUT2D eigenvalue weighted by molar-refractivity contribution is 0.0472. The maximum absolute atomic E-state index is 5.67. The number of aromatic nitrogens is 2. The van der Waals surface area contributed by atoms with Crippen LogP contribution in [0.5, 0.6) is 0 Å². The third-order valence-electron chi connectivity index (χ3n) is 3.09. The van der Waals surface area contributed by atoms with E-state index in [2.05, 4.69) is 28.1 Å². The van der Waals surface area contributed by atoms with Crippen LogP contribution in [0.25, 0.3) is 0 Å². The van der Waals surface area contributed by atoms with E-state index in [-0.39, 0.29) is 0 Å². The summed E-state index contributed by atoms with van der Waals surface area (Å²) >= 11 is 7.13. The van der Waals surface area contributed by atoms with Gasteiger partial charge in [-0.05, 0) is 12.8 Å². The van der Waals surface area contributed by atoms with E-state index < -0.39 is 0 Å². The smallest absolute Gasteiger partial charge is 0.205 e. The first-order valence-electron chi connectivity index (χ1n) is 6.47. The van der Waals surface area contributed by atoms with Crippen LogP contribution >= 0.6 is 23.1 Å². The van der Waals surface area contributed by atoms with Crippen molar-refractivity contribution in [1.29, 1.82) is 0 Å². The molecule has 0 N–H and O–H groups in total. The van der Waals surface area contributed by atoms with Crippen molar-refractivity contribution in [3.63, 3.8) is 0 Å². The minimum Gasteiger partial charge on any atom is -0.377 e. The third-order valence-corrected chi connectivity index (χ3v) is 4.04. The van der Waals surface area contributed by atoms with Gasteiger partial charge in [-0.3, -0.25) is 0 Å². The van der Waals surface area contributed by atoms with Crippen molar-refractivity contribution >= 4 is 28.3 Å². The number of anilines is 1. The molecule has 2 rings (SSSR count). The molecule has 1 aromatic heterocycles. The Labute approximate surface area is 117 Å². The average molecular weight is 290 g/mol. The first-order valence-corrected chi connectivity index (χ1v) is 7.77. The number of piperidine rings is 1. The zero-order valence-electron chi connectivity index (χ0n) is 10.9. The standard InChI is InChI=1S/C12H20ClN3OS/c1-9(2)11-14-12(18-15-11)16-6-3-10(4-7-16)17-8-5-13/h9-10H,3-8H2,1-2H3. The fourth-order valence-electron chi connectivity index (χ4n) is 2.01. The van der Waals surface area contributed by atoms with Gasteiger partial charge < -0.3 is 9.64 Å². The fraction of sp³-hybridized carbons (Fsp3) is 0.833. The van der Waals surface area contributed by atoms with Gasteiger partial charge in [0.25, 0.3) is 0 Å². The van der Waals surface area contributed by atoms with E-state index in [0.717, 1.165) is 36.9 Å². The van der Waals surface area contributed by atoms with Crippen LogP contribution in [-0.2, 0) is 4.74 Å². The Morgan fingerprint density at radius 2 is 2.17 bits per heavy atom. The van der Waals surface area contributed by atoms with Gasteiger partial charge in [-0.25, -0.2) is 4.98 Å². The summed E-state index contributed by atoms with van der Waals surface area (Å²) < 4.78 is 10.1. The van der Waals surface area contributed by atoms with Crippen LogP contribution in [0, 0.1) is 0 Å². The molecule has 2 heterocycles. The monoisotopic (exact) mass is 289 g/mol. The zero-order valence-corrected chi connectivity index (χ0v) is 12.5. The number of hydrogen-bond donors (Lipinski definition) is 0. The van der Waals surface area contributed by atoms with E-state index in [0.29, 0.717) is 24.5 Å². The molecule has 0 spiro atoms. The maximum atomic E-state index is 5.67. The molecule has 102 valence electrons. The number of nitrogens with zero attached hydrogens (tertiary/aromatic N) is 3. The summed E-state index contributed by atoms with van der Waals surface area (Å²) in [7, 11) is 0. The Morgan fingerprint density at radius 3 is 2.72 bits per heavy atom. The minimum atomic E-state index is 0.359. The normalized spacial score (nSPS) is 17.7. The van der Waals surface area contributed by atoms with Gasteiger partial charge in [-0.2, -0.15) is 4.37 Å². The molecular formula is C12H20ClN3OS. The third kappa shape index (κ3) is 3.56. The van der Waals surface area contributed by atoms with Gasteiger partial charge in [-0.15, -0.1) is 11.6 Å². The van der Waals surface area contributed by atoms with Crippen LogP contribution in [0.2, 0.25) is 0 Å². The number of alkyl halides is 1. The highest BCUT2D eigenvalue weighted by molar-refractivity contribution is 7.09. The highest BCUT2D eigenvalue weighted by Gasteiger charge is 2.22. The van der Waals surface area contributed by atoms with Crippen molar-refractivity contribution < 1.29 is 4.74 Å². The lowest BCUT2D eigenvalue weighted by Gasteiger charge is -2.31.